The van der Waals surface area contributed by atoms with Crippen LogP contribution < -0.4 is 0 Å². The summed E-state index contributed by atoms with van der Waals surface area (Å²) in [5.41, 5.74) is 0. The third kappa shape index (κ3) is 1.89. The average molecular weight is 132 g/mol. The van der Waals surface area contributed by atoms with E-state index in [1.807, 2.05) is 0 Å². The van der Waals surface area contributed by atoms with E-state index < -0.39 is 12.4 Å². The van der Waals surface area contributed by atoms with Crippen LogP contribution in [-0.2, 0) is 9.47 Å². The fourth-order valence-corrected chi connectivity index (χ4v) is 0.754. The highest BCUT2D eigenvalue weighted by Crippen LogP contribution is 2.12. The molecule has 1 N–H and O–H groups in total. The maximum absolute atomic E-state index is 9.85. The van der Waals surface area contributed by atoms with Gasteiger partial charge in [0.1, 0.15) is 0 Å². The summed E-state index contributed by atoms with van der Waals surface area (Å²) in [5, 5.41) is 8.07. The van der Waals surface area contributed by atoms with Crippen molar-refractivity contribution >= 4 is 6.16 Å². The molecular weight excluding hydrogens is 124 g/mol. The molecule has 4 nitrogen and oxygen atoms in total. The Kier molecular flexibility index (Phi) is 1.89. The molecule has 0 aromatic carbocycles. The molecule has 0 amide bonds. The van der Waals surface area contributed by atoms with E-state index in [9.17, 15) is 4.79 Å². The molecule has 1 unspecified atom stereocenters. The summed E-state index contributed by atoms with van der Waals surface area (Å²) in [5.74, 6) is 0. The van der Waals surface area contributed by atoms with Crippen LogP contribution in [0.2, 0.25) is 0 Å². The second-order valence-electron chi connectivity index (χ2n) is 1.83. The van der Waals surface area contributed by atoms with Gasteiger partial charge in [-0.1, -0.05) is 0 Å². The number of carbonyl (C=O) groups is 1. The summed E-state index contributed by atoms with van der Waals surface area (Å²) in [7, 11) is 0. The molecule has 0 saturated carbocycles. The molecule has 4 heteroatoms. The van der Waals surface area contributed by atoms with E-state index >= 15 is 0 Å². The fourth-order valence-electron chi connectivity index (χ4n) is 0.754. The molecule has 52 valence electrons. The van der Waals surface area contributed by atoms with Crippen LogP contribution in [0.4, 0.5) is 4.79 Å². The van der Waals surface area contributed by atoms with Gasteiger partial charge in [0.25, 0.3) is 0 Å². The predicted molar refractivity (Wildman–Crippen MR) is 28.1 cm³/mol. The smallest absolute Gasteiger partial charge is 0.450 e. The van der Waals surface area contributed by atoms with Crippen molar-refractivity contribution in [3.05, 3.63) is 0 Å². The second-order valence-corrected chi connectivity index (χ2v) is 1.83. The van der Waals surface area contributed by atoms with E-state index in [1.165, 1.54) is 0 Å². The zero-order valence-electron chi connectivity index (χ0n) is 4.87. The fraction of sp³-hybridized carbons (Fsp3) is 0.800. The van der Waals surface area contributed by atoms with Crippen LogP contribution in [0.5, 0.6) is 0 Å². The maximum atomic E-state index is 9.85. The van der Waals surface area contributed by atoms with Crippen LogP contribution in [-0.4, -0.2) is 24.2 Å². The predicted octanol–water partition coefficient (Wildman–Crippen LogP) is 0.817. The van der Waals surface area contributed by atoms with Crippen molar-refractivity contribution in [2.24, 2.45) is 0 Å². The quantitative estimate of drug-likeness (QED) is 0.536. The molecule has 1 atom stereocenters. The normalized spacial score (nSPS) is 26.0. The molecule has 0 aliphatic carbocycles. The van der Waals surface area contributed by atoms with Gasteiger partial charge in [0.2, 0.25) is 6.29 Å². The van der Waals surface area contributed by atoms with Crippen molar-refractivity contribution in [3.63, 3.8) is 0 Å². The van der Waals surface area contributed by atoms with Crippen molar-refractivity contribution < 1.29 is 19.4 Å². The van der Waals surface area contributed by atoms with Gasteiger partial charge < -0.3 is 14.6 Å². The summed E-state index contributed by atoms with van der Waals surface area (Å²) < 4.78 is 9.17. The third-order valence-electron chi connectivity index (χ3n) is 1.12. The molecule has 1 aliphatic rings. The van der Waals surface area contributed by atoms with E-state index in [0.717, 1.165) is 6.42 Å². The molecule has 1 saturated heterocycles. The van der Waals surface area contributed by atoms with Crippen LogP contribution in [0, 0.1) is 0 Å². The largest absolute Gasteiger partial charge is 0.508 e. The van der Waals surface area contributed by atoms with Gasteiger partial charge in [-0.3, -0.25) is 0 Å². The molecule has 0 spiro atoms. The Labute approximate surface area is 52.4 Å². The zero-order chi connectivity index (χ0) is 6.69. The van der Waals surface area contributed by atoms with Gasteiger partial charge in [-0.05, 0) is 6.42 Å². The summed E-state index contributed by atoms with van der Waals surface area (Å²) in [6.45, 7) is 0.609. The topological polar surface area (TPSA) is 55.8 Å². The highest BCUT2D eigenvalue weighted by molar-refractivity contribution is 5.56. The molecule has 0 aromatic rings. The number of rotatable bonds is 1. The number of hydrogen-bond donors (Lipinski definition) is 1. The van der Waals surface area contributed by atoms with Gasteiger partial charge in [0, 0.05) is 6.42 Å². The highest BCUT2D eigenvalue weighted by Gasteiger charge is 2.18. The van der Waals surface area contributed by atoms with Gasteiger partial charge in [0.15, 0.2) is 0 Å². The van der Waals surface area contributed by atoms with Gasteiger partial charge >= 0.3 is 6.16 Å². The van der Waals surface area contributed by atoms with Gasteiger partial charge in [-0.25, -0.2) is 4.79 Å². The Balaban J connectivity index is 2.19. The number of hydrogen-bond acceptors (Lipinski definition) is 3. The van der Waals surface area contributed by atoms with Crippen LogP contribution in [0.3, 0.4) is 0 Å². The van der Waals surface area contributed by atoms with E-state index in [2.05, 4.69) is 4.74 Å². The van der Waals surface area contributed by atoms with Gasteiger partial charge in [0.05, 0.1) is 6.61 Å². The van der Waals surface area contributed by atoms with Crippen molar-refractivity contribution in [2.75, 3.05) is 6.61 Å². The molecule has 9 heavy (non-hydrogen) atoms. The Morgan fingerprint density at radius 2 is 2.56 bits per heavy atom. The maximum Gasteiger partial charge on any atom is 0.508 e. The first-order valence-corrected chi connectivity index (χ1v) is 2.80. The molecule has 1 aliphatic heterocycles. The molecule has 1 heterocycles. The highest BCUT2D eigenvalue weighted by atomic mass is 16.8. The molecular formula is C5H8O4. The lowest BCUT2D eigenvalue weighted by Crippen LogP contribution is -2.14. The van der Waals surface area contributed by atoms with Crippen molar-refractivity contribution in [1.29, 1.82) is 0 Å². The number of ether oxygens (including phenoxy) is 2. The monoisotopic (exact) mass is 132 g/mol. The summed E-state index contributed by atoms with van der Waals surface area (Å²) >= 11 is 0. The first-order valence-electron chi connectivity index (χ1n) is 2.80. The van der Waals surface area contributed by atoms with Crippen molar-refractivity contribution in [2.45, 2.75) is 19.1 Å². The van der Waals surface area contributed by atoms with Crippen LogP contribution in [0.1, 0.15) is 12.8 Å². The first-order chi connectivity index (χ1) is 4.29. The Morgan fingerprint density at radius 1 is 1.78 bits per heavy atom. The Morgan fingerprint density at radius 3 is 3.00 bits per heavy atom. The number of carboxylic acid groups (broad SMARTS) is 1. The molecule has 0 aromatic heterocycles. The Hall–Kier alpha value is -0.770. The van der Waals surface area contributed by atoms with E-state index in [0.29, 0.717) is 13.0 Å². The average Bonchev–Trinajstić information content (AvgIpc) is 2.15. The minimum atomic E-state index is -1.26. The van der Waals surface area contributed by atoms with Gasteiger partial charge in [-0.15, -0.1) is 0 Å². The van der Waals surface area contributed by atoms with Crippen LogP contribution in [0.25, 0.3) is 0 Å². The lowest BCUT2D eigenvalue weighted by Gasteiger charge is -2.05. The SMILES string of the molecule is O=C(O)OC1CCCO1. The standard InChI is InChI=1S/C5H8O4/c6-5(7)9-4-2-1-3-8-4/h4H,1-3H2,(H,6,7). The Bertz CT molecular complexity index is 106. The molecule has 0 radical (unpaired) electrons. The lowest BCUT2D eigenvalue weighted by atomic mass is 10.4. The van der Waals surface area contributed by atoms with Crippen molar-refractivity contribution in [1.82, 2.24) is 0 Å². The third-order valence-corrected chi connectivity index (χ3v) is 1.12. The van der Waals surface area contributed by atoms with E-state index in [1.54, 1.807) is 0 Å². The molecule has 1 fully saturated rings. The first kappa shape index (κ1) is 6.35. The van der Waals surface area contributed by atoms with Crippen LogP contribution >= 0.6 is 0 Å². The second kappa shape index (κ2) is 2.68. The molecule has 1 rings (SSSR count). The summed E-state index contributed by atoms with van der Waals surface area (Å²) in [6, 6.07) is 0. The minimum absolute atomic E-state index is 0.512. The minimum Gasteiger partial charge on any atom is -0.450 e. The van der Waals surface area contributed by atoms with Gasteiger partial charge in [-0.2, -0.15) is 0 Å². The van der Waals surface area contributed by atoms with E-state index in [4.69, 9.17) is 9.84 Å². The zero-order valence-corrected chi connectivity index (χ0v) is 4.87. The van der Waals surface area contributed by atoms with Crippen LogP contribution in [0.15, 0.2) is 0 Å². The summed E-state index contributed by atoms with van der Waals surface area (Å²) in [4.78, 5) is 9.85. The molecule has 0 bridgehead atoms. The lowest BCUT2D eigenvalue weighted by molar-refractivity contribution is -0.0835. The van der Waals surface area contributed by atoms with Crippen molar-refractivity contribution in [3.8, 4) is 0 Å². The van der Waals surface area contributed by atoms with E-state index in [-0.39, 0.29) is 0 Å². The summed E-state index contributed by atoms with van der Waals surface area (Å²) in [6.07, 6.45) is -0.200.